The lowest BCUT2D eigenvalue weighted by molar-refractivity contribution is 0.414. The van der Waals surface area contributed by atoms with Crippen LogP contribution in [0.2, 0.25) is 0 Å². The van der Waals surface area contributed by atoms with Gasteiger partial charge in [0.05, 0.1) is 30.5 Å². The first-order valence-electron chi connectivity index (χ1n) is 9.03. The zero-order chi connectivity index (χ0) is 19.7. The number of methoxy groups -OCH3 is 2. The summed E-state index contributed by atoms with van der Waals surface area (Å²) in [7, 11) is 5.43. The fourth-order valence-corrected chi connectivity index (χ4v) is 4.29. The topological polar surface area (TPSA) is 36.3 Å². The largest absolute Gasteiger partial charge is 0.497 e. The van der Waals surface area contributed by atoms with Gasteiger partial charge in [-0.25, -0.2) is 4.98 Å². The van der Waals surface area contributed by atoms with Gasteiger partial charge in [-0.3, -0.25) is 0 Å². The Labute approximate surface area is 169 Å². The first-order chi connectivity index (χ1) is 13.6. The fraction of sp³-hybridized carbons (Fsp3) is 0.174. The number of nitrogens with zero attached hydrogens (tertiary/aromatic N) is 2. The summed E-state index contributed by atoms with van der Waals surface area (Å²) >= 11 is 1.71. The van der Waals surface area contributed by atoms with Crippen molar-refractivity contribution < 1.29 is 9.47 Å². The molecule has 0 saturated carbocycles. The number of ether oxygens (including phenoxy) is 2. The molecule has 0 spiro atoms. The van der Waals surface area contributed by atoms with Gasteiger partial charge in [-0.2, -0.15) is 0 Å². The van der Waals surface area contributed by atoms with Crippen molar-refractivity contribution in [2.24, 2.45) is 7.05 Å². The van der Waals surface area contributed by atoms with Crippen molar-refractivity contribution >= 4 is 11.3 Å². The molecule has 0 fully saturated rings. The molecule has 28 heavy (non-hydrogen) atoms. The van der Waals surface area contributed by atoms with Crippen LogP contribution >= 0.6 is 11.3 Å². The van der Waals surface area contributed by atoms with E-state index in [4.69, 9.17) is 14.5 Å². The maximum atomic E-state index is 5.31. The third-order valence-electron chi connectivity index (χ3n) is 4.93. The summed E-state index contributed by atoms with van der Waals surface area (Å²) in [5.74, 6) is 1.68. The standard InChI is InChI=1S/C23H22N2O2S/c1-15-5-14-20(25(15)2)23-24-21(16-6-10-18(26-3)11-7-16)22(28-23)17-8-12-19(27-4)13-9-17/h5-14H,1-4H3. The molecule has 4 nitrogen and oxygen atoms in total. The summed E-state index contributed by atoms with van der Waals surface area (Å²) in [5, 5.41) is 1.01. The van der Waals surface area contributed by atoms with E-state index in [-0.39, 0.29) is 0 Å². The molecule has 2 aromatic heterocycles. The third-order valence-corrected chi connectivity index (χ3v) is 6.06. The SMILES string of the molecule is COc1ccc(-c2nc(-c3ccc(C)n3C)sc2-c2ccc(OC)cc2)cc1. The minimum Gasteiger partial charge on any atom is -0.497 e. The maximum absolute atomic E-state index is 5.31. The van der Waals surface area contributed by atoms with Gasteiger partial charge in [0.15, 0.2) is 0 Å². The number of aryl methyl sites for hydroxylation is 1. The Bertz CT molecular complexity index is 1030. The molecule has 5 heteroatoms. The highest BCUT2D eigenvalue weighted by Gasteiger charge is 2.18. The van der Waals surface area contributed by atoms with Crippen LogP contribution in [0.1, 0.15) is 5.69 Å². The Morgan fingerprint density at radius 3 is 1.86 bits per heavy atom. The number of benzene rings is 2. The van der Waals surface area contributed by atoms with Gasteiger partial charge < -0.3 is 14.0 Å². The summed E-state index contributed by atoms with van der Waals surface area (Å²) < 4.78 is 12.8. The summed E-state index contributed by atoms with van der Waals surface area (Å²) in [6, 6.07) is 20.4. The summed E-state index contributed by atoms with van der Waals surface area (Å²) in [4.78, 5) is 6.17. The van der Waals surface area contributed by atoms with E-state index in [0.717, 1.165) is 43.9 Å². The normalized spacial score (nSPS) is 10.9. The second-order valence-electron chi connectivity index (χ2n) is 6.57. The Morgan fingerprint density at radius 1 is 0.786 bits per heavy atom. The van der Waals surface area contributed by atoms with Crippen LogP contribution in [0.4, 0.5) is 0 Å². The van der Waals surface area contributed by atoms with Gasteiger partial charge in [-0.15, -0.1) is 11.3 Å². The van der Waals surface area contributed by atoms with Crippen LogP contribution in [-0.2, 0) is 7.05 Å². The lowest BCUT2D eigenvalue weighted by atomic mass is 10.1. The summed E-state index contributed by atoms with van der Waals surface area (Å²) in [5.41, 5.74) is 5.51. The van der Waals surface area contributed by atoms with Crippen molar-refractivity contribution in [1.29, 1.82) is 0 Å². The monoisotopic (exact) mass is 390 g/mol. The number of aromatic nitrogens is 2. The minimum absolute atomic E-state index is 0.836. The maximum Gasteiger partial charge on any atom is 0.141 e. The van der Waals surface area contributed by atoms with Crippen molar-refractivity contribution in [2.75, 3.05) is 14.2 Å². The predicted octanol–water partition coefficient (Wildman–Crippen LogP) is 5.81. The average Bonchev–Trinajstić information content (AvgIpc) is 3.32. The first-order valence-corrected chi connectivity index (χ1v) is 9.84. The molecule has 2 aromatic carbocycles. The highest BCUT2D eigenvalue weighted by atomic mass is 32.1. The van der Waals surface area contributed by atoms with E-state index >= 15 is 0 Å². The smallest absolute Gasteiger partial charge is 0.141 e. The Hall–Kier alpha value is -3.05. The molecule has 4 aromatic rings. The van der Waals surface area contributed by atoms with Gasteiger partial charge in [-0.1, -0.05) is 0 Å². The summed E-state index contributed by atoms with van der Waals surface area (Å²) in [6.07, 6.45) is 0. The lowest BCUT2D eigenvalue weighted by Crippen LogP contribution is -1.93. The minimum atomic E-state index is 0.836. The van der Waals surface area contributed by atoms with Crippen LogP contribution < -0.4 is 9.47 Å². The molecule has 0 unspecified atom stereocenters. The van der Waals surface area contributed by atoms with E-state index in [1.165, 1.54) is 5.69 Å². The van der Waals surface area contributed by atoms with E-state index in [2.05, 4.69) is 54.9 Å². The van der Waals surface area contributed by atoms with E-state index in [1.54, 1.807) is 25.6 Å². The average molecular weight is 391 g/mol. The van der Waals surface area contributed by atoms with Crippen LogP contribution in [0.25, 0.3) is 32.4 Å². The molecule has 0 aliphatic heterocycles. The van der Waals surface area contributed by atoms with E-state index in [9.17, 15) is 0 Å². The van der Waals surface area contributed by atoms with Crippen LogP contribution in [0.3, 0.4) is 0 Å². The number of rotatable bonds is 5. The fourth-order valence-electron chi connectivity index (χ4n) is 3.14. The number of hydrogen-bond donors (Lipinski definition) is 0. The molecule has 0 aliphatic rings. The van der Waals surface area contributed by atoms with Crippen LogP contribution in [0, 0.1) is 6.92 Å². The van der Waals surface area contributed by atoms with Gasteiger partial charge >= 0.3 is 0 Å². The molecule has 4 rings (SSSR count). The number of hydrogen-bond acceptors (Lipinski definition) is 4. The van der Waals surface area contributed by atoms with Gasteiger partial charge in [0.25, 0.3) is 0 Å². The molecule has 0 atom stereocenters. The highest BCUT2D eigenvalue weighted by molar-refractivity contribution is 7.18. The van der Waals surface area contributed by atoms with Crippen molar-refractivity contribution in [3.63, 3.8) is 0 Å². The van der Waals surface area contributed by atoms with E-state index in [1.807, 2.05) is 24.3 Å². The Kier molecular flexibility index (Phi) is 4.92. The molecule has 0 aliphatic carbocycles. The third kappa shape index (κ3) is 3.29. The Balaban J connectivity index is 1.87. The predicted molar refractivity (Wildman–Crippen MR) is 115 cm³/mol. The van der Waals surface area contributed by atoms with Gasteiger partial charge in [0, 0.05) is 18.3 Å². The second-order valence-corrected chi connectivity index (χ2v) is 7.57. The molecule has 0 N–H and O–H groups in total. The second kappa shape index (κ2) is 7.52. The van der Waals surface area contributed by atoms with Gasteiger partial charge in [0.2, 0.25) is 0 Å². The number of thiazole rings is 1. The lowest BCUT2D eigenvalue weighted by Gasteiger charge is -2.05. The summed E-state index contributed by atoms with van der Waals surface area (Å²) in [6.45, 7) is 2.10. The van der Waals surface area contributed by atoms with Crippen LogP contribution in [0.5, 0.6) is 11.5 Å². The van der Waals surface area contributed by atoms with Crippen molar-refractivity contribution in [3.8, 4) is 43.9 Å². The molecule has 0 amide bonds. The van der Waals surface area contributed by atoms with Gasteiger partial charge in [-0.05, 0) is 73.2 Å². The van der Waals surface area contributed by atoms with Crippen LogP contribution in [0.15, 0.2) is 60.7 Å². The molecule has 2 heterocycles. The molecule has 0 radical (unpaired) electrons. The molecular weight excluding hydrogens is 368 g/mol. The van der Waals surface area contributed by atoms with E-state index in [0.29, 0.717) is 0 Å². The Morgan fingerprint density at radius 2 is 1.36 bits per heavy atom. The zero-order valence-electron chi connectivity index (χ0n) is 16.4. The molecule has 0 bridgehead atoms. The molecule has 142 valence electrons. The highest BCUT2D eigenvalue weighted by Crippen LogP contribution is 2.41. The zero-order valence-corrected chi connectivity index (χ0v) is 17.2. The molecular formula is C23H22N2O2S. The van der Waals surface area contributed by atoms with Crippen molar-refractivity contribution in [3.05, 3.63) is 66.4 Å². The molecule has 0 saturated heterocycles. The van der Waals surface area contributed by atoms with E-state index < -0.39 is 0 Å². The van der Waals surface area contributed by atoms with Gasteiger partial charge in [0.1, 0.15) is 16.5 Å². The first kappa shape index (κ1) is 18.3. The van der Waals surface area contributed by atoms with Crippen molar-refractivity contribution in [1.82, 2.24) is 9.55 Å². The van der Waals surface area contributed by atoms with Crippen molar-refractivity contribution in [2.45, 2.75) is 6.92 Å². The van der Waals surface area contributed by atoms with Crippen LogP contribution in [-0.4, -0.2) is 23.8 Å². The quantitative estimate of drug-likeness (QED) is 0.431.